The molecule has 0 aromatic carbocycles. The van der Waals surface area contributed by atoms with E-state index in [1.54, 1.807) is 0 Å². The third-order valence-corrected chi connectivity index (χ3v) is 5.13. The maximum Gasteiger partial charge on any atom is 0.612 e. The van der Waals surface area contributed by atoms with Gasteiger partial charge >= 0.3 is 8.11 Å². The SMILES string of the molecule is CO[Si](Cl)(OC)OC1CCCCC1. The maximum atomic E-state index is 6.01. The highest BCUT2D eigenvalue weighted by molar-refractivity contribution is 7.09. The molecule has 0 spiro atoms. The summed E-state index contributed by atoms with van der Waals surface area (Å²) < 4.78 is 15.7. The largest absolute Gasteiger partial charge is 0.612 e. The predicted molar refractivity (Wildman–Crippen MR) is 53.6 cm³/mol. The molecule has 1 fully saturated rings. The van der Waals surface area contributed by atoms with Crippen molar-refractivity contribution in [3.05, 3.63) is 0 Å². The zero-order valence-electron chi connectivity index (χ0n) is 8.22. The van der Waals surface area contributed by atoms with Crippen molar-refractivity contribution in [1.29, 1.82) is 0 Å². The molecular weight excluding hydrogens is 208 g/mol. The molecule has 78 valence electrons. The van der Waals surface area contributed by atoms with Crippen LogP contribution in [0.3, 0.4) is 0 Å². The van der Waals surface area contributed by atoms with Gasteiger partial charge in [0.1, 0.15) is 0 Å². The predicted octanol–water partition coefficient (Wildman–Crippen LogP) is 2.30. The summed E-state index contributed by atoms with van der Waals surface area (Å²) in [4.78, 5) is 0. The van der Waals surface area contributed by atoms with E-state index in [1.807, 2.05) is 0 Å². The maximum absolute atomic E-state index is 6.01. The first-order valence-corrected chi connectivity index (χ1v) is 7.41. The van der Waals surface area contributed by atoms with Gasteiger partial charge in [0, 0.05) is 14.2 Å². The molecule has 0 aromatic heterocycles. The first-order chi connectivity index (χ1) is 6.20. The molecule has 0 unspecified atom stereocenters. The van der Waals surface area contributed by atoms with Crippen LogP contribution in [-0.4, -0.2) is 28.4 Å². The third kappa shape index (κ3) is 3.56. The fourth-order valence-corrected chi connectivity index (χ4v) is 2.93. The van der Waals surface area contributed by atoms with Crippen LogP contribution in [0.1, 0.15) is 32.1 Å². The molecule has 0 radical (unpaired) electrons. The van der Waals surface area contributed by atoms with Crippen LogP contribution in [0.5, 0.6) is 0 Å². The lowest BCUT2D eigenvalue weighted by Gasteiger charge is -2.28. The Kier molecular flexibility index (Phi) is 4.68. The topological polar surface area (TPSA) is 27.7 Å². The van der Waals surface area contributed by atoms with Crippen molar-refractivity contribution in [2.45, 2.75) is 38.2 Å². The number of rotatable bonds is 4. The second kappa shape index (κ2) is 5.31. The van der Waals surface area contributed by atoms with Gasteiger partial charge in [0.05, 0.1) is 6.10 Å². The molecule has 1 aliphatic rings. The molecule has 0 heterocycles. The van der Waals surface area contributed by atoms with Crippen LogP contribution >= 0.6 is 11.1 Å². The van der Waals surface area contributed by atoms with Crippen molar-refractivity contribution < 1.29 is 13.3 Å². The third-order valence-electron chi connectivity index (χ3n) is 2.35. The summed E-state index contributed by atoms with van der Waals surface area (Å²) in [5.74, 6) is 0. The molecule has 5 heteroatoms. The van der Waals surface area contributed by atoms with Crippen LogP contribution in [0, 0.1) is 0 Å². The molecule has 0 amide bonds. The number of halogens is 1. The zero-order chi connectivity index (χ0) is 9.73. The second-order valence-electron chi connectivity index (χ2n) is 3.27. The lowest BCUT2D eigenvalue weighted by molar-refractivity contribution is 0.0558. The first-order valence-electron chi connectivity index (χ1n) is 4.67. The van der Waals surface area contributed by atoms with Gasteiger partial charge in [-0.25, -0.2) is 0 Å². The summed E-state index contributed by atoms with van der Waals surface area (Å²) in [5, 5.41) is 0. The summed E-state index contributed by atoms with van der Waals surface area (Å²) >= 11 is 6.01. The average molecular weight is 225 g/mol. The molecule has 0 saturated heterocycles. The van der Waals surface area contributed by atoms with Gasteiger partial charge in [-0.05, 0) is 12.8 Å². The zero-order valence-corrected chi connectivity index (χ0v) is 9.97. The van der Waals surface area contributed by atoms with Crippen molar-refractivity contribution >= 4 is 19.2 Å². The fraction of sp³-hybridized carbons (Fsp3) is 1.00. The molecule has 0 N–H and O–H groups in total. The van der Waals surface area contributed by atoms with Gasteiger partial charge in [0.15, 0.2) is 0 Å². The van der Waals surface area contributed by atoms with Crippen LogP contribution in [0.2, 0.25) is 0 Å². The lowest BCUT2D eigenvalue weighted by Crippen LogP contribution is -2.41. The molecule has 1 rings (SSSR count). The van der Waals surface area contributed by atoms with Gasteiger partial charge in [-0.1, -0.05) is 30.3 Å². The molecule has 0 atom stereocenters. The van der Waals surface area contributed by atoms with E-state index in [9.17, 15) is 0 Å². The highest BCUT2D eigenvalue weighted by Gasteiger charge is 2.40. The van der Waals surface area contributed by atoms with E-state index >= 15 is 0 Å². The van der Waals surface area contributed by atoms with Crippen molar-refractivity contribution in [3.8, 4) is 0 Å². The monoisotopic (exact) mass is 224 g/mol. The van der Waals surface area contributed by atoms with Crippen molar-refractivity contribution in [1.82, 2.24) is 0 Å². The smallest absolute Gasteiger partial charge is 0.365 e. The molecule has 1 aliphatic carbocycles. The Morgan fingerprint density at radius 3 is 2.08 bits per heavy atom. The van der Waals surface area contributed by atoms with E-state index in [0.717, 1.165) is 12.8 Å². The van der Waals surface area contributed by atoms with Gasteiger partial charge in [-0.3, -0.25) is 0 Å². The van der Waals surface area contributed by atoms with E-state index in [2.05, 4.69) is 0 Å². The summed E-state index contributed by atoms with van der Waals surface area (Å²) in [7, 11) is 0.254. The summed E-state index contributed by atoms with van der Waals surface area (Å²) in [6, 6.07) is 0. The van der Waals surface area contributed by atoms with E-state index in [1.165, 1.54) is 33.5 Å². The molecule has 0 aromatic rings. The van der Waals surface area contributed by atoms with Crippen LogP contribution in [-0.2, 0) is 13.3 Å². The summed E-state index contributed by atoms with van der Waals surface area (Å²) in [6.07, 6.45) is 6.13. The fourth-order valence-electron chi connectivity index (χ4n) is 1.56. The van der Waals surface area contributed by atoms with Crippen LogP contribution in [0.25, 0.3) is 0 Å². The van der Waals surface area contributed by atoms with Crippen LogP contribution in [0.4, 0.5) is 0 Å². The highest BCUT2D eigenvalue weighted by Crippen LogP contribution is 2.25. The van der Waals surface area contributed by atoms with Crippen molar-refractivity contribution in [2.24, 2.45) is 0 Å². The minimum Gasteiger partial charge on any atom is -0.365 e. The minimum absolute atomic E-state index is 0.234. The molecule has 3 nitrogen and oxygen atoms in total. The molecule has 1 saturated carbocycles. The van der Waals surface area contributed by atoms with Gasteiger partial charge in [0.2, 0.25) is 0 Å². The second-order valence-corrected chi connectivity index (χ2v) is 6.67. The van der Waals surface area contributed by atoms with E-state index < -0.39 is 8.11 Å². The van der Waals surface area contributed by atoms with E-state index in [0.29, 0.717) is 0 Å². The Balaban J connectivity index is 2.35. The Morgan fingerprint density at radius 2 is 1.62 bits per heavy atom. The number of hydrogen-bond donors (Lipinski definition) is 0. The number of hydrogen-bond acceptors (Lipinski definition) is 3. The van der Waals surface area contributed by atoms with Crippen molar-refractivity contribution in [2.75, 3.05) is 14.2 Å². The Labute approximate surface area is 85.4 Å². The summed E-state index contributed by atoms with van der Waals surface area (Å²) in [6.45, 7) is 0. The quantitative estimate of drug-likeness (QED) is 0.542. The Morgan fingerprint density at radius 1 is 1.08 bits per heavy atom. The Bertz CT molecular complexity index is 146. The highest BCUT2D eigenvalue weighted by atomic mass is 35.6. The van der Waals surface area contributed by atoms with Gasteiger partial charge in [-0.2, -0.15) is 0 Å². The van der Waals surface area contributed by atoms with Gasteiger partial charge in [-0.15, -0.1) is 0 Å². The molecule has 13 heavy (non-hydrogen) atoms. The standard InChI is InChI=1S/C8H17ClO3Si/c1-10-13(9,11-2)12-8-6-4-3-5-7-8/h8H,3-7H2,1-2H3. The normalized spacial score (nSPS) is 20.5. The lowest BCUT2D eigenvalue weighted by atomic mass is 9.98. The molecular formula is C8H17ClO3Si. The minimum atomic E-state index is -2.81. The first kappa shape index (κ1) is 11.5. The summed E-state index contributed by atoms with van der Waals surface area (Å²) in [5.41, 5.74) is 0. The molecule has 0 bridgehead atoms. The van der Waals surface area contributed by atoms with Gasteiger partial charge in [0.25, 0.3) is 0 Å². The average Bonchev–Trinajstić information content (AvgIpc) is 2.19. The Hall–Kier alpha value is 0.387. The van der Waals surface area contributed by atoms with Crippen LogP contribution < -0.4 is 0 Å². The van der Waals surface area contributed by atoms with E-state index in [4.69, 9.17) is 24.4 Å². The van der Waals surface area contributed by atoms with Gasteiger partial charge < -0.3 is 13.3 Å². The van der Waals surface area contributed by atoms with Crippen LogP contribution in [0.15, 0.2) is 0 Å². The molecule has 0 aliphatic heterocycles. The van der Waals surface area contributed by atoms with Crippen molar-refractivity contribution in [3.63, 3.8) is 0 Å². The van der Waals surface area contributed by atoms with E-state index in [-0.39, 0.29) is 6.10 Å².